The van der Waals surface area contributed by atoms with Crippen LogP contribution in [0.15, 0.2) is 53.1 Å². The lowest BCUT2D eigenvalue weighted by atomic mass is 10.1. The minimum absolute atomic E-state index is 0.220. The number of aromatic nitrogens is 1. The van der Waals surface area contributed by atoms with Crippen molar-refractivity contribution in [2.45, 2.75) is 6.54 Å². The van der Waals surface area contributed by atoms with E-state index in [1.54, 1.807) is 24.4 Å². The number of phenolic OH excluding ortho intramolecular Hbond substituents is 1. The Balaban J connectivity index is 1.92. The van der Waals surface area contributed by atoms with Gasteiger partial charge in [-0.3, -0.25) is 0 Å². The van der Waals surface area contributed by atoms with E-state index in [9.17, 15) is 5.11 Å². The van der Waals surface area contributed by atoms with Crippen LogP contribution in [0.4, 0.5) is 11.5 Å². The highest BCUT2D eigenvalue weighted by molar-refractivity contribution is 9.10. The number of hydrogen-bond acceptors (Lipinski definition) is 4. The zero-order chi connectivity index (χ0) is 14.8. The number of fused-ring (bicyclic) bond motifs is 1. The number of anilines is 2. The molecule has 3 aromatic rings. The number of pyridine rings is 1. The molecule has 0 aliphatic heterocycles. The van der Waals surface area contributed by atoms with Gasteiger partial charge in [-0.05, 0) is 30.3 Å². The number of rotatable bonds is 3. The van der Waals surface area contributed by atoms with Gasteiger partial charge in [0.15, 0.2) is 0 Å². The Morgan fingerprint density at radius 2 is 2.00 bits per heavy atom. The molecule has 0 saturated carbocycles. The fraction of sp³-hybridized carbons (Fsp3) is 0.0625. The number of halogens is 1. The molecule has 1 aromatic heterocycles. The second kappa shape index (κ2) is 5.61. The first-order valence-corrected chi connectivity index (χ1v) is 7.29. The predicted octanol–water partition coefficient (Wildman–Crippen LogP) is 3.90. The van der Waals surface area contributed by atoms with Gasteiger partial charge in [0.1, 0.15) is 11.6 Å². The number of nitrogen functional groups attached to an aromatic ring is 1. The van der Waals surface area contributed by atoms with Gasteiger partial charge in [0.05, 0.1) is 0 Å². The van der Waals surface area contributed by atoms with Crippen molar-refractivity contribution in [2.24, 2.45) is 0 Å². The lowest BCUT2D eigenvalue weighted by Gasteiger charge is -2.11. The zero-order valence-corrected chi connectivity index (χ0v) is 12.8. The van der Waals surface area contributed by atoms with Crippen molar-refractivity contribution in [3.63, 3.8) is 0 Å². The number of nitrogens with one attached hydrogen (secondary N) is 1. The number of nitrogens with zero attached hydrogens (tertiary/aromatic N) is 1. The van der Waals surface area contributed by atoms with Gasteiger partial charge in [-0.2, -0.15) is 0 Å². The van der Waals surface area contributed by atoms with Crippen LogP contribution < -0.4 is 11.1 Å². The van der Waals surface area contributed by atoms with E-state index in [2.05, 4.69) is 26.2 Å². The summed E-state index contributed by atoms with van der Waals surface area (Å²) in [7, 11) is 0. The summed E-state index contributed by atoms with van der Waals surface area (Å²) >= 11 is 3.54. The number of hydrogen-bond donors (Lipinski definition) is 3. The van der Waals surface area contributed by atoms with Gasteiger partial charge in [-0.25, -0.2) is 4.98 Å². The van der Waals surface area contributed by atoms with Crippen LogP contribution in [0.2, 0.25) is 0 Å². The van der Waals surface area contributed by atoms with Crippen molar-refractivity contribution in [1.29, 1.82) is 0 Å². The van der Waals surface area contributed by atoms with Crippen molar-refractivity contribution in [3.8, 4) is 5.75 Å². The van der Waals surface area contributed by atoms with Crippen LogP contribution in [-0.4, -0.2) is 10.1 Å². The minimum Gasteiger partial charge on any atom is -0.508 e. The van der Waals surface area contributed by atoms with Crippen LogP contribution in [0.5, 0.6) is 5.75 Å². The maximum absolute atomic E-state index is 9.85. The molecule has 4 nitrogen and oxygen atoms in total. The molecule has 5 heteroatoms. The molecule has 0 saturated heterocycles. The van der Waals surface area contributed by atoms with Crippen molar-refractivity contribution in [1.82, 2.24) is 4.98 Å². The number of aromatic hydroxyl groups is 1. The van der Waals surface area contributed by atoms with Crippen molar-refractivity contribution in [2.75, 3.05) is 11.1 Å². The average molecular weight is 344 g/mol. The maximum atomic E-state index is 9.85. The third-order valence-electron chi connectivity index (χ3n) is 3.30. The number of phenols is 1. The highest BCUT2D eigenvalue weighted by Crippen LogP contribution is 2.28. The molecule has 4 N–H and O–H groups in total. The van der Waals surface area contributed by atoms with E-state index in [0.717, 1.165) is 26.6 Å². The summed E-state index contributed by atoms with van der Waals surface area (Å²) in [6.07, 6.45) is 1.76. The lowest BCUT2D eigenvalue weighted by Crippen LogP contribution is -2.03. The average Bonchev–Trinajstić information content (AvgIpc) is 2.49. The Morgan fingerprint density at radius 1 is 1.14 bits per heavy atom. The lowest BCUT2D eigenvalue weighted by molar-refractivity contribution is 0.469. The minimum atomic E-state index is 0.220. The largest absolute Gasteiger partial charge is 0.508 e. The van der Waals surface area contributed by atoms with E-state index in [1.165, 1.54) is 0 Å². The number of benzene rings is 2. The van der Waals surface area contributed by atoms with Gasteiger partial charge in [-0.15, -0.1) is 0 Å². The van der Waals surface area contributed by atoms with Crippen LogP contribution >= 0.6 is 15.9 Å². The molecule has 0 bridgehead atoms. The third-order valence-corrected chi connectivity index (χ3v) is 3.99. The fourth-order valence-corrected chi connectivity index (χ4v) is 2.73. The van der Waals surface area contributed by atoms with Gasteiger partial charge in [0.25, 0.3) is 0 Å². The van der Waals surface area contributed by atoms with E-state index in [4.69, 9.17) is 5.73 Å². The second-order valence-corrected chi connectivity index (χ2v) is 5.59. The van der Waals surface area contributed by atoms with E-state index < -0.39 is 0 Å². The Bertz CT molecular complexity index is 805. The molecule has 3 rings (SSSR count). The van der Waals surface area contributed by atoms with Crippen LogP contribution in [-0.2, 0) is 6.54 Å². The molecule has 21 heavy (non-hydrogen) atoms. The second-order valence-electron chi connectivity index (χ2n) is 4.74. The molecule has 0 aliphatic carbocycles. The summed E-state index contributed by atoms with van der Waals surface area (Å²) in [5.74, 6) is 0.994. The van der Waals surface area contributed by atoms with Crippen LogP contribution in [0.1, 0.15) is 5.56 Å². The maximum Gasteiger partial charge on any atom is 0.134 e. The standard InChI is InChI=1S/C16H14BrN3O/c17-14-3-1-2-13-12(14)6-7-19-16(13)20-9-10-8-11(18)4-5-15(10)21/h1-8,21H,9,18H2,(H,19,20). The van der Waals surface area contributed by atoms with Crippen molar-refractivity contribution in [3.05, 3.63) is 58.7 Å². The molecule has 2 aromatic carbocycles. The number of nitrogens with two attached hydrogens (primary N) is 1. The first-order chi connectivity index (χ1) is 10.1. The molecule has 0 unspecified atom stereocenters. The Labute approximate surface area is 130 Å². The van der Waals surface area contributed by atoms with Gasteiger partial charge >= 0.3 is 0 Å². The summed E-state index contributed by atoms with van der Waals surface area (Å²) in [4.78, 5) is 4.37. The van der Waals surface area contributed by atoms with E-state index in [-0.39, 0.29) is 5.75 Å². The van der Waals surface area contributed by atoms with E-state index in [0.29, 0.717) is 12.2 Å². The molecule has 0 radical (unpaired) electrons. The van der Waals surface area contributed by atoms with Crippen LogP contribution in [0, 0.1) is 0 Å². The molecule has 106 valence electrons. The van der Waals surface area contributed by atoms with Crippen molar-refractivity contribution >= 4 is 38.2 Å². The molecule has 0 spiro atoms. The first-order valence-electron chi connectivity index (χ1n) is 6.49. The summed E-state index contributed by atoms with van der Waals surface area (Å²) in [6, 6.07) is 13.0. The van der Waals surface area contributed by atoms with Gasteiger partial charge in [0, 0.05) is 39.2 Å². The normalized spacial score (nSPS) is 10.7. The SMILES string of the molecule is Nc1ccc(O)c(CNc2nccc3c(Br)cccc23)c1. The first kappa shape index (κ1) is 13.7. The summed E-state index contributed by atoms with van der Waals surface area (Å²) in [5, 5.41) is 15.2. The summed E-state index contributed by atoms with van der Waals surface area (Å²) < 4.78 is 1.03. The van der Waals surface area contributed by atoms with Gasteiger partial charge in [0.2, 0.25) is 0 Å². The molecular formula is C16H14BrN3O. The Hall–Kier alpha value is -2.27. The van der Waals surface area contributed by atoms with E-state index >= 15 is 0 Å². The summed E-state index contributed by atoms with van der Waals surface area (Å²) in [6.45, 7) is 0.454. The zero-order valence-electron chi connectivity index (χ0n) is 11.2. The quantitative estimate of drug-likeness (QED) is 0.498. The fourth-order valence-electron chi connectivity index (χ4n) is 2.24. The molecule has 1 heterocycles. The highest BCUT2D eigenvalue weighted by atomic mass is 79.9. The van der Waals surface area contributed by atoms with Crippen molar-refractivity contribution < 1.29 is 5.11 Å². The topological polar surface area (TPSA) is 71.2 Å². The predicted molar refractivity (Wildman–Crippen MR) is 89.3 cm³/mol. The summed E-state index contributed by atoms with van der Waals surface area (Å²) in [5.41, 5.74) is 7.11. The highest BCUT2D eigenvalue weighted by Gasteiger charge is 2.06. The molecule has 0 amide bonds. The Kier molecular flexibility index (Phi) is 3.66. The van der Waals surface area contributed by atoms with Gasteiger partial charge in [-0.1, -0.05) is 28.1 Å². The Morgan fingerprint density at radius 3 is 2.86 bits per heavy atom. The van der Waals surface area contributed by atoms with E-state index in [1.807, 2.05) is 24.3 Å². The molecule has 0 atom stereocenters. The monoisotopic (exact) mass is 343 g/mol. The molecule has 0 aliphatic rings. The third kappa shape index (κ3) is 2.78. The van der Waals surface area contributed by atoms with Crippen LogP contribution in [0.3, 0.4) is 0 Å². The molecule has 0 fully saturated rings. The van der Waals surface area contributed by atoms with Crippen LogP contribution in [0.25, 0.3) is 10.8 Å². The van der Waals surface area contributed by atoms with Gasteiger partial charge < -0.3 is 16.2 Å². The molecular weight excluding hydrogens is 330 g/mol. The smallest absolute Gasteiger partial charge is 0.134 e.